The highest BCUT2D eigenvalue weighted by atomic mass is 16.5. The number of benzene rings is 2. The fourth-order valence-electron chi connectivity index (χ4n) is 2.12. The molecule has 0 saturated carbocycles. The molecular weight excluding hydrogens is 320 g/mol. The lowest BCUT2D eigenvalue weighted by molar-refractivity contribution is 0.415. The summed E-state index contributed by atoms with van der Waals surface area (Å²) in [7, 11) is 1.61. The van der Waals surface area contributed by atoms with Gasteiger partial charge in [0.15, 0.2) is 11.4 Å². The van der Waals surface area contributed by atoms with Gasteiger partial charge >= 0.3 is 0 Å². The third-order valence-electron chi connectivity index (χ3n) is 3.38. The fourth-order valence-corrected chi connectivity index (χ4v) is 2.12. The molecule has 0 saturated heterocycles. The Morgan fingerprint density at radius 1 is 1.32 bits per heavy atom. The number of hydrazone groups is 1. The largest absolute Gasteiger partial charge is 0.497 e. The van der Waals surface area contributed by atoms with Crippen molar-refractivity contribution in [3.05, 3.63) is 42.5 Å². The highest BCUT2D eigenvalue weighted by Crippen LogP contribution is 2.27. The summed E-state index contributed by atoms with van der Waals surface area (Å²) in [5.74, 6) is 0.835. The molecule has 0 spiro atoms. The molecule has 25 heavy (non-hydrogen) atoms. The van der Waals surface area contributed by atoms with E-state index in [1.54, 1.807) is 31.4 Å². The predicted octanol–water partition coefficient (Wildman–Crippen LogP) is 2.73. The molecule has 3 rings (SSSR count). The van der Waals surface area contributed by atoms with Crippen LogP contribution in [0.1, 0.15) is 0 Å². The normalized spacial score (nSPS) is 11.1. The van der Waals surface area contributed by atoms with Crippen LogP contribution in [0.15, 0.2) is 52.0 Å². The Labute approximate surface area is 143 Å². The van der Waals surface area contributed by atoms with Gasteiger partial charge in [0, 0.05) is 5.56 Å². The quantitative estimate of drug-likeness (QED) is 0.373. The van der Waals surface area contributed by atoms with Gasteiger partial charge < -0.3 is 14.9 Å². The summed E-state index contributed by atoms with van der Waals surface area (Å²) >= 11 is 0. The van der Waals surface area contributed by atoms with E-state index < -0.39 is 5.84 Å². The van der Waals surface area contributed by atoms with E-state index in [0.717, 1.165) is 11.3 Å². The van der Waals surface area contributed by atoms with E-state index >= 15 is 0 Å². The molecular formula is C17H14N6O2. The van der Waals surface area contributed by atoms with Gasteiger partial charge in [-0.3, -0.25) is 10.8 Å². The summed E-state index contributed by atoms with van der Waals surface area (Å²) in [4.78, 5) is 4.45. The van der Waals surface area contributed by atoms with Gasteiger partial charge in [-0.05, 0) is 42.5 Å². The van der Waals surface area contributed by atoms with Crippen molar-refractivity contribution in [1.82, 2.24) is 4.98 Å². The van der Waals surface area contributed by atoms with Crippen LogP contribution in [0.4, 0.5) is 5.69 Å². The zero-order valence-electron chi connectivity index (χ0n) is 13.3. The molecule has 0 aliphatic rings. The van der Waals surface area contributed by atoms with Crippen LogP contribution in [0.3, 0.4) is 0 Å². The first kappa shape index (κ1) is 16.0. The number of nitrogens with two attached hydrogens (primary N) is 1. The molecule has 0 unspecified atom stereocenters. The van der Waals surface area contributed by atoms with Crippen molar-refractivity contribution in [3.8, 4) is 23.3 Å². The molecule has 1 heterocycles. The number of methoxy groups -OCH3 is 1. The number of oxazole rings is 1. The average molecular weight is 334 g/mol. The summed E-state index contributed by atoms with van der Waals surface area (Å²) in [5, 5.41) is 19.8. The minimum Gasteiger partial charge on any atom is -0.497 e. The number of nitrogens with zero attached hydrogens (tertiary/aromatic N) is 3. The van der Waals surface area contributed by atoms with E-state index in [0.29, 0.717) is 22.7 Å². The van der Waals surface area contributed by atoms with Crippen LogP contribution in [0, 0.1) is 16.7 Å². The minimum absolute atomic E-state index is 0.195. The molecule has 0 radical (unpaired) electrons. The Morgan fingerprint density at radius 2 is 2.08 bits per heavy atom. The summed E-state index contributed by atoms with van der Waals surface area (Å²) in [6.45, 7) is 0. The van der Waals surface area contributed by atoms with Crippen molar-refractivity contribution >= 4 is 28.3 Å². The third-order valence-corrected chi connectivity index (χ3v) is 3.38. The van der Waals surface area contributed by atoms with Gasteiger partial charge in [0.1, 0.15) is 17.3 Å². The van der Waals surface area contributed by atoms with E-state index in [2.05, 4.69) is 15.5 Å². The lowest BCUT2D eigenvalue weighted by atomic mass is 10.2. The number of fused-ring (bicyclic) bond motifs is 1. The Morgan fingerprint density at radius 3 is 2.72 bits per heavy atom. The van der Waals surface area contributed by atoms with Crippen LogP contribution in [0.2, 0.25) is 0 Å². The number of hydrogen-bond acceptors (Lipinski definition) is 7. The van der Waals surface area contributed by atoms with Crippen LogP contribution >= 0.6 is 0 Å². The number of hydrogen-bond donors (Lipinski definition) is 3. The van der Waals surface area contributed by atoms with Gasteiger partial charge in [0.05, 0.1) is 12.8 Å². The number of rotatable bonds is 5. The van der Waals surface area contributed by atoms with Crippen molar-refractivity contribution in [2.75, 3.05) is 12.5 Å². The van der Waals surface area contributed by atoms with E-state index in [1.165, 1.54) is 0 Å². The smallest absolute Gasteiger partial charge is 0.227 e. The maximum absolute atomic E-state index is 8.84. The Balaban J connectivity index is 1.88. The Hall–Kier alpha value is -3.86. The zero-order valence-corrected chi connectivity index (χ0v) is 13.3. The van der Waals surface area contributed by atoms with Crippen LogP contribution in [0.25, 0.3) is 22.6 Å². The molecule has 0 fully saturated rings. The van der Waals surface area contributed by atoms with Gasteiger partial charge in [0.25, 0.3) is 0 Å². The van der Waals surface area contributed by atoms with E-state index in [1.807, 2.05) is 24.3 Å². The first-order valence-electron chi connectivity index (χ1n) is 7.24. The summed E-state index contributed by atoms with van der Waals surface area (Å²) in [6, 6.07) is 14.3. The molecule has 1 aromatic heterocycles. The number of anilines is 1. The SMILES string of the molecule is COc1ccc(-c2nc3cc(N/N=C(\C#N)C(=N)N)ccc3o2)cc1. The lowest BCUT2D eigenvalue weighted by Gasteiger charge is -2.00. The van der Waals surface area contributed by atoms with Gasteiger partial charge in [0.2, 0.25) is 11.6 Å². The van der Waals surface area contributed by atoms with Gasteiger partial charge in [-0.25, -0.2) is 4.98 Å². The van der Waals surface area contributed by atoms with Crippen LogP contribution in [-0.4, -0.2) is 23.6 Å². The van der Waals surface area contributed by atoms with Crippen LogP contribution in [0.5, 0.6) is 5.75 Å². The van der Waals surface area contributed by atoms with Crippen molar-refractivity contribution < 1.29 is 9.15 Å². The van der Waals surface area contributed by atoms with Crippen molar-refractivity contribution in [2.24, 2.45) is 10.8 Å². The molecule has 8 heteroatoms. The molecule has 0 bridgehead atoms. The second-order valence-electron chi connectivity index (χ2n) is 5.03. The number of nitrogens with one attached hydrogen (secondary N) is 2. The molecule has 4 N–H and O–H groups in total. The molecule has 0 aliphatic heterocycles. The second kappa shape index (κ2) is 6.72. The monoisotopic (exact) mass is 334 g/mol. The first-order chi connectivity index (χ1) is 12.1. The Kier molecular flexibility index (Phi) is 4.30. The fraction of sp³-hybridized carbons (Fsp3) is 0.0588. The summed E-state index contributed by atoms with van der Waals surface area (Å²) < 4.78 is 10.9. The second-order valence-corrected chi connectivity index (χ2v) is 5.03. The molecule has 0 atom stereocenters. The number of aromatic nitrogens is 1. The maximum Gasteiger partial charge on any atom is 0.227 e. The molecule has 0 amide bonds. The Bertz CT molecular complexity index is 998. The van der Waals surface area contributed by atoms with Crippen LogP contribution < -0.4 is 15.9 Å². The van der Waals surface area contributed by atoms with Crippen molar-refractivity contribution in [1.29, 1.82) is 10.7 Å². The third kappa shape index (κ3) is 3.40. The minimum atomic E-state index is -0.403. The molecule has 124 valence electrons. The lowest BCUT2D eigenvalue weighted by Crippen LogP contribution is -2.21. The molecule has 8 nitrogen and oxygen atoms in total. The molecule has 3 aromatic rings. The number of amidine groups is 1. The topological polar surface area (TPSA) is 133 Å². The highest BCUT2D eigenvalue weighted by Gasteiger charge is 2.09. The molecule has 0 aliphatic carbocycles. The maximum atomic E-state index is 8.84. The number of nitriles is 1. The summed E-state index contributed by atoms with van der Waals surface area (Å²) in [6.07, 6.45) is 0. The number of ether oxygens (including phenoxy) is 1. The van der Waals surface area contributed by atoms with E-state index in [4.69, 9.17) is 25.6 Å². The standard InChI is InChI=1S/C17H14N6O2/c1-24-12-5-2-10(3-6-12)17-21-13-8-11(4-7-15(13)25-17)22-23-14(9-18)16(19)20/h2-8,22H,1H3,(H3,19,20)/b23-14+. The average Bonchev–Trinajstić information content (AvgIpc) is 3.05. The zero-order chi connectivity index (χ0) is 17.8. The highest BCUT2D eigenvalue weighted by molar-refractivity contribution is 6.45. The first-order valence-corrected chi connectivity index (χ1v) is 7.24. The van der Waals surface area contributed by atoms with E-state index in [9.17, 15) is 0 Å². The molecule has 2 aromatic carbocycles. The van der Waals surface area contributed by atoms with Gasteiger partial charge in [-0.15, -0.1) is 0 Å². The predicted molar refractivity (Wildman–Crippen MR) is 94.6 cm³/mol. The summed E-state index contributed by atoms with van der Waals surface area (Å²) in [5.41, 5.74) is 10.4. The van der Waals surface area contributed by atoms with Gasteiger partial charge in [-0.1, -0.05) is 0 Å². The van der Waals surface area contributed by atoms with Crippen LogP contribution in [-0.2, 0) is 0 Å². The van der Waals surface area contributed by atoms with E-state index in [-0.39, 0.29) is 5.71 Å². The van der Waals surface area contributed by atoms with Crippen molar-refractivity contribution in [2.45, 2.75) is 0 Å². The van der Waals surface area contributed by atoms with Crippen molar-refractivity contribution in [3.63, 3.8) is 0 Å². The van der Waals surface area contributed by atoms with Gasteiger partial charge in [-0.2, -0.15) is 10.4 Å².